The van der Waals surface area contributed by atoms with Crippen molar-refractivity contribution in [3.8, 4) is 0 Å². The fraction of sp³-hybridized carbons (Fsp3) is 1.00. The van der Waals surface area contributed by atoms with Crippen LogP contribution in [0.3, 0.4) is 0 Å². The molecule has 0 aromatic carbocycles. The highest BCUT2D eigenvalue weighted by atomic mass is 16.5. The summed E-state index contributed by atoms with van der Waals surface area (Å²) < 4.78 is 5.67. The predicted molar refractivity (Wildman–Crippen MR) is 59.6 cm³/mol. The Hall–Kier alpha value is -0.120. The summed E-state index contributed by atoms with van der Waals surface area (Å²) in [6.07, 6.45) is 4.83. The lowest BCUT2D eigenvalue weighted by molar-refractivity contribution is -0.212. The summed E-state index contributed by atoms with van der Waals surface area (Å²) in [6.45, 7) is 5.38. The number of aliphatic hydroxyl groups is 1. The topological polar surface area (TPSA) is 55.5 Å². The average molecular weight is 213 g/mol. The lowest BCUT2D eigenvalue weighted by Crippen LogP contribution is -2.61. The molecule has 1 aliphatic heterocycles. The number of nitrogens with two attached hydrogens (primary N) is 1. The summed E-state index contributed by atoms with van der Waals surface area (Å²) in [5.74, 6) is 0. The van der Waals surface area contributed by atoms with Crippen molar-refractivity contribution in [1.82, 2.24) is 0 Å². The van der Waals surface area contributed by atoms with Crippen LogP contribution in [-0.2, 0) is 4.74 Å². The Bertz CT molecular complexity index is 242. The number of hydrogen-bond acceptors (Lipinski definition) is 3. The average Bonchev–Trinajstić information content (AvgIpc) is 1.99. The molecule has 0 radical (unpaired) electrons. The van der Waals surface area contributed by atoms with E-state index in [0.717, 1.165) is 25.7 Å². The third-order valence-corrected chi connectivity index (χ3v) is 4.42. The molecule has 0 aromatic rings. The first-order chi connectivity index (χ1) is 6.93. The van der Waals surface area contributed by atoms with E-state index in [9.17, 15) is 5.11 Å². The Morgan fingerprint density at radius 2 is 1.93 bits per heavy atom. The van der Waals surface area contributed by atoms with E-state index in [0.29, 0.717) is 13.2 Å². The molecule has 1 saturated heterocycles. The van der Waals surface area contributed by atoms with Crippen molar-refractivity contribution in [1.29, 1.82) is 0 Å². The fourth-order valence-corrected chi connectivity index (χ4v) is 3.26. The molecule has 88 valence electrons. The normalized spacial score (nSPS) is 38.4. The van der Waals surface area contributed by atoms with Crippen LogP contribution in [0, 0.1) is 5.41 Å². The highest BCUT2D eigenvalue weighted by Crippen LogP contribution is 2.54. The minimum atomic E-state index is -0.595. The highest BCUT2D eigenvalue weighted by Gasteiger charge is 2.56. The van der Waals surface area contributed by atoms with Crippen LogP contribution < -0.4 is 5.73 Å². The standard InChI is InChI=1S/C12H23NO2/c1-10(2)8-12(14,6-7-15-10)11(9-13)4-3-5-11/h14H,3-9,13H2,1-2H3. The van der Waals surface area contributed by atoms with E-state index in [2.05, 4.69) is 13.8 Å². The van der Waals surface area contributed by atoms with Crippen LogP contribution >= 0.6 is 0 Å². The highest BCUT2D eigenvalue weighted by molar-refractivity contribution is 5.07. The Kier molecular flexibility index (Phi) is 2.61. The van der Waals surface area contributed by atoms with Crippen LogP contribution in [0.1, 0.15) is 46.0 Å². The molecular weight excluding hydrogens is 190 g/mol. The van der Waals surface area contributed by atoms with Gasteiger partial charge in [0.05, 0.1) is 17.8 Å². The molecule has 2 rings (SSSR count). The summed E-state index contributed by atoms with van der Waals surface area (Å²) in [7, 11) is 0. The third kappa shape index (κ3) is 1.71. The van der Waals surface area contributed by atoms with Gasteiger partial charge in [-0.3, -0.25) is 0 Å². The molecule has 2 aliphatic rings. The van der Waals surface area contributed by atoms with E-state index in [1.165, 1.54) is 6.42 Å². The van der Waals surface area contributed by atoms with Crippen molar-refractivity contribution < 1.29 is 9.84 Å². The quantitative estimate of drug-likeness (QED) is 0.729. The van der Waals surface area contributed by atoms with Crippen LogP contribution in [0.4, 0.5) is 0 Å². The van der Waals surface area contributed by atoms with Crippen LogP contribution in [0.2, 0.25) is 0 Å². The van der Waals surface area contributed by atoms with E-state index in [4.69, 9.17) is 10.5 Å². The Morgan fingerprint density at radius 3 is 2.33 bits per heavy atom. The zero-order valence-corrected chi connectivity index (χ0v) is 9.88. The summed E-state index contributed by atoms with van der Waals surface area (Å²) >= 11 is 0. The lowest BCUT2D eigenvalue weighted by atomic mass is 9.55. The van der Waals surface area contributed by atoms with Crippen molar-refractivity contribution in [2.75, 3.05) is 13.2 Å². The van der Waals surface area contributed by atoms with Crippen LogP contribution in [0.5, 0.6) is 0 Å². The molecule has 1 saturated carbocycles. The third-order valence-electron chi connectivity index (χ3n) is 4.42. The van der Waals surface area contributed by atoms with Crippen LogP contribution in [0.25, 0.3) is 0 Å². The molecule has 3 nitrogen and oxygen atoms in total. The second-order valence-electron chi connectivity index (χ2n) is 5.90. The van der Waals surface area contributed by atoms with Gasteiger partial charge in [0.15, 0.2) is 0 Å². The van der Waals surface area contributed by atoms with Crippen molar-refractivity contribution in [2.45, 2.75) is 57.2 Å². The van der Waals surface area contributed by atoms with Gasteiger partial charge < -0.3 is 15.6 Å². The fourth-order valence-electron chi connectivity index (χ4n) is 3.26. The molecule has 1 aliphatic carbocycles. The summed E-state index contributed by atoms with van der Waals surface area (Å²) in [4.78, 5) is 0. The van der Waals surface area contributed by atoms with Crippen molar-refractivity contribution in [3.63, 3.8) is 0 Å². The molecule has 3 N–H and O–H groups in total. The second-order valence-corrected chi connectivity index (χ2v) is 5.90. The molecular formula is C12H23NO2. The number of rotatable bonds is 2. The maximum atomic E-state index is 10.8. The summed E-state index contributed by atoms with van der Waals surface area (Å²) in [5.41, 5.74) is 5.05. The lowest BCUT2D eigenvalue weighted by Gasteiger charge is -2.57. The van der Waals surface area contributed by atoms with Gasteiger partial charge in [0.25, 0.3) is 0 Å². The van der Waals surface area contributed by atoms with Gasteiger partial charge in [0, 0.05) is 24.8 Å². The van der Waals surface area contributed by atoms with Gasteiger partial charge in [-0.2, -0.15) is 0 Å². The Balaban J connectivity index is 2.18. The first kappa shape index (κ1) is 11.4. The summed E-state index contributed by atoms with van der Waals surface area (Å²) in [5, 5.41) is 10.8. The van der Waals surface area contributed by atoms with E-state index < -0.39 is 5.60 Å². The number of hydrogen-bond donors (Lipinski definition) is 2. The van der Waals surface area contributed by atoms with Crippen molar-refractivity contribution in [2.24, 2.45) is 11.1 Å². The van der Waals surface area contributed by atoms with Gasteiger partial charge in [-0.05, 0) is 26.7 Å². The largest absolute Gasteiger partial charge is 0.389 e. The zero-order valence-electron chi connectivity index (χ0n) is 9.88. The maximum absolute atomic E-state index is 10.8. The van der Waals surface area contributed by atoms with Gasteiger partial charge in [0.1, 0.15) is 0 Å². The predicted octanol–water partition coefficient (Wildman–Crippen LogP) is 1.44. The summed E-state index contributed by atoms with van der Waals surface area (Å²) in [6, 6.07) is 0. The smallest absolute Gasteiger partial charge is 0.0764 e. The molecule has 1 atom stereocenters. The monoisotopic (exact) mass is 213 g/mol. The van der Waals surface area contributed by atoms with Gasteiger partial charge in [-0.25, -0.2) is 0 Å². The van der Waals surface area contributed by atoms with Crippen molar-refractivity contribution >= 4 is 0 Å². The first-order valence-corrected chi connectivity index (χ1v) is 6.00. The van der Waals surface area contributed by atoms with Crippen molar-refractivity contribution in [3.05, 3.63) is 0 Å². The molecule has 1 heterocycles. The van der Waals surface area contributed by atoms with Crippen LogP contribution in [0.15, 0.2) is 0 Å². The van der Waals surface area contributed by atoms with E-state index in [-0.39, 0.29) is 11.0 Å². The first-order valence-electron chi connectivity index (χ1n) is 6.00. The van der Waals surface area contributed by atoms with E-state index in [1.54, 1.807) is 0 Å². The Morgan fingerprint density at radius 1 is 1.27 bits per heavy atom. The molecule has 2 fully saturated rings. The zero-order chi connectivity index (χ0) is 11.2. The molecule has 0 aromatic heterocycles. The molecule has 0 bridgehead atoms. The number of ether oxygens (including phenoxy) is 1. The molecule has 3 heteroatoms. The molecule has 0 amide bonds. The van der Waals surface area contributed by atoms with Crippen LogP contribution in [-0.4, -0.2) is 29.5 Å². The van der Waals surface area contributed by atoms with Gasteiger partial charge >= 0.3 is 0 Å². The second kappa shape index (κ2) is 3.44. The van der Waals surface area contributed by atoms with Gasteiger partial charge in [0.2, 0.25) is 0 Å². The minimum Gasteiger partial charge on any atom is -0.389 e. The van der Waals surface area contributed by atoms with E-state index >= 15 is 0 Å². The molecule has 1 unspecified atom stereocenters. The van der Waals surface area contributed by atoms with Gasteiger partial charge in [-0.15, -0.1) is 0 Å². The molecule has 0 spiro atoms. The van der Waals surface area contributed by atoms with Gasteiger partial charge in [-0.1, -0.05) is 6.42 Å². The molecule has 15 heavy (non-hydrogen) atoms. The van der Waals surface area contributed by atoms with E-state index in [1.807, 2.05) is 0 Å². The minimum absolute atomic E-state index is 0.0198. The SMILES string of the molecule is CC1(C)CC(O)(C2(CN)CCC2)CCO1. The Labute approximate surface area is 92.0 Å². The maximum Gasteiger partial charge on any atom is 0.0764 e.